The van der Waals surface area contributed by atoms with Gasteiger partial charge < -0.3 is 0 Å². The third kappa shape index (κ3) is 1.23. The van der Waals surface area contributed by atoms with Crippen LogP contribution in [0, 0.1) is 0 Å². The lowest BCUT2D eigenvalue weighted by atomic mass is 10.00. The molecule has 1 aliphatic carbocycles. The Morgan fingerprint density at radius 2 is 1.61 bits per heavy atom. The standard InChI is InChI=1S/C12H14N2O4/c1-2-3-12(14-10(17)5-11(14)18)6-7(12)13-8(15)4-9(13)16/h7H,2-6H2,1H3. The van der Waals surface area contributed by atoms with Crippen LogP contribution in [0.25, 0.3) is 0 Å². The third-order valence-corrected chi connectivity index (χ3v) is 4.09. The van der Waals surface area contributed by atoms with Crippen molar-refractivity contribution in [3.8, 4) is 0 Å². The van der Waals surface area contributed by atoms with E-state index in [4.69, 9.17) is 0 Å². The van der Waals surface area contributed by atoms with Crippen LogP contribution in [0.1, 0.15) is 39.0 Å². The summed E-state index contributed by atoms with van der Waals surface area (Å²) in [6, 6.07) is -0.278. The van der Waals surface area contributed by atoms with Gasteiger partial charge in [0.15, 0.2) is 0 Å². The van der Waals surface area contributed by atoms with Crippen LogP contribution in [-0.4, -0.2) is 45.0 Å². The maximum Gasteiger partial charge on any atom is 0.239 e. The second-order valence-electron chi connectivity index (χ2n) is 5.21. The Balaban J connectivity index is 1.83. The van der Waals surface area contributed by atoms with Crippen LogP contribution in [0.3, 0.4) is 0 Å². The third-order valence-electron chi connectivity index (χ3n) is 4.09. The topological polar surface area (TPSA) is 74.8 Å². The van der Waals surface area contributed by atoms with Gasteiger partial charge in [0.2, 0.25) is 23.6 Å². The van der Waals surface area contributed by atoms with Gasteiger partial charge in [-0.25, -0.2) is 0 Å². The Hall–Kier alpha value is -1.72. The van der Waals surface area contributed by atoms with E-state index in [1.54, 1.807) is 0 Å². The summed E-state index contributed by atoms with van der Waals surface area (Å²) in [5.41, 5.74) is -0.590. The van der Waals surface area contributed by atoms with E-state index in [-0.39, 0.29) is 42.5 Å². The SMILES string of the molecule is CCCC1(N2C(=O)CC2=O)CC1N1C(=O)CC1=O. The zero-order chi connectivity index (χ0) is 13.1. The number of hydrogen-bond donors (Lipinski definition) is 0. The summed E-state index contributed by atoms with van der Waals surface area (Å²) >= 11 is 0. The van der Waals surface area contributed by atoms with Gasteiger partial charge >= 0.3 is 0 Å². The zero-order valence-electron chi connectivity index (χ0n) is 10.1. The number of β-lactam (4-membered cyclic amide) rings is 4. The van der Waals surface area contributed by atoms with Crippen LogP contribution in [0.4, 0.5) is 0 Å². The zero-order valence-corrected chi connectivity index (χ0v) is 10.1. The monoisotopic (exact) mass is 250 g/mol. The van der Waals surface area contributed by atoms with Crippen molar-refractivity contribution in [3.05, 3.63) is 0 Å². The molecule has 0 radical (unpaired) electrons. The fourth-order valence-corrected chi connectivity index (χ4v) is 3.19. The van der Waals surface area contributed by atoms with Crippen LogP contribution >= 0.6 is 0 Å². The fraction of sp³-hybridized carbons (Fsp3) is 0.667. The quantitative estimate of drug-likeness (QED) is 0.512. The highest BCUT2D eigenvalue weighted by Crippen LogP contribution is 2.53. The lowest BCUT2D eigenvalue weighted by molar-refractivity contribution is -0.167. The molecule has 2 atom stereocenters. The molecule has 2 unspecified atom stereocenters. The van der Waals surface area contributed by atoms with E-state index in [9.17, 15) is 19.2 Å². The molecule has 1 saturated carbocycles. The number of amides is 4. The predicted molar refractivity (Wildman–Crippen MR) is 59.0 cm³/mol. The highest BCUT2D eigenvalue weighted by molar-refractivity contribution is 6.17. The molecule has 2 heterocycles. The number of likely N-dealkylation sites (tertiary alicyclic amines) is 2. The van der Waals surface area contributed by atoms with Crippen molar-refractivity contribution < 1.29 is 19.2 Å². The first-order valence-corrected chi connectivity index (χ1v) is 6.22. The van der Waals surface area contributed by atoms with Gasteiger partial charge in [-0.05, 0) is 12.8 Å². The molecule has 18 heavy (non-hydrogen) atoms. The molecule has 3 fully saturated rings. The van der Waals surface area contributed by atoms with Gasteiger partial charge in [-0.1, -0.05) is 13.3 Å². The van der Waals surface area contributed by atoms with Crippen molar-refractivity contribution in [1.82, 2.24) is 9.80 Å². The van der Waals surface area contributed by atoms with Crippen LogP contribution in [0.5, 0.6) is 0 Å². The number of nitrogens with zero attached hydrogens (tertiary/aromatic N) is 2. The molecule has 0 bridgehead atoms. The summed E-state index contributed by atoms with van der Waals surface area (Å²) in [6.07, 6.45) is 1.94. The predicted octanol–water partition coefficient (Wildman–Crippen LogP) is -0.185. The lowest BCUT2D eigenvalue weighted by Gasteiger charge is -2.40. The molecule has 0 spiro atoms. The van der Waals surface area contributed by atoms with E-state index >= 15 is 0 Å². The summed E-state index contributed by atoms with van der Waals surface area (Å²) in [7, 11) is 0. The maximum atomic E-state index is 11.6. The molecular formula is C12H14N2O4. The minimum Gasteiger partial charge on any atom is -0.276 e. The van der Waals surface area contributed by atoms with E-state index in [0.29, 0.717) is 12.8 Å². The fourth-order valence-electron chi connectivity index (χ4n) is 3.19. The summed E-state index contributed by atoms with van der Waals surface area (Å²) in [5, 5.41) is 0. The second kappa shape index (κ2) is 3.40. The van der Waals surface area contributed by atoms with Crippen molar-refractivity contribution >= 4 is 23.6 Å². The van der Waals surface area contributed by atoms with Crippen molar-refractivity contribution in [2.24, 2.45) is 0 Å². The van der Waals surface area contributed by atoms with Crippen LogP contribution < -0.4 is 0 Å². The summed E-state index contributed by atoms with van der Waals surface area (Å²) in [6.45, 7) is 1.96. The first kappa shape index (κ1) is 11.4. The number of carbonyl (C=O) groups excluding carboxylic acids is 4. The summed E-state index contributed by atoms with van der Waals surface area (Å²) < 4.78 is 0. The van der Waals surface area contributed by atoms with Crippen molar-refractivity contribution in [2.75, 3.05) is 0 Å². The molecule has 6 nitrogen and oxygen atoms in total. The van der Waals surface area contributed by atoms with Gasteiger partial charge in [0.1, 0.15) is 12.8 Å². The first-order valence-electron chi connectivity index (χ1n) is 6.22. The summed E-state index contributed by atoms with van der Waals surface area (Å²) in [4.78, 5) is 48.5. The molecule has 4 amide bonds. The van der Waals surface area contributed by atoms with E-state index in [1.807, 2.05) is 6.92 Å². The number of rotatable bonds is 4. The number of hydrogen-bond acceptors (Lipinski definition) is 4. The number of carbonyl (C=O) groups is 4. The largest absolute Gasteiger partial charge is 0.276 e. The molecule has 3 aliphatic rings. The van der Waals surface area contributed by atoms with E-state index in [2.05, 4.69) is 0 Å². The van der Waals surface area contributed by atoms with Gasteiger partial charge in [0.05, 0.1) is 11.6 Å². The minimum atomic E-state index is -0.590. The van der Waals surface area contributed by atoms with Crippen LogP contribution in [-0.2, 0) is 19.2 Å². The van der Waals surface area contributed by atoms with E-state index in [0.717, 1.165) is 6.42 Å². The van der Waals surface area contributed by atoms with Gasteiger partial charge in [0.25, 0.3) is 0 Å². The Morgan fingerprint density at radius 3 is 2.06 bits per heavy atom. The average molecular weight is 250 g/mol. The molecule has 2 saturated heterocycles. The molecule has 0 aromatic carbocycles. The maximum absolute atomic E-state index is 11.6. The summed E-state index contributed by atoms with van der Waals surface area (Å²) in [5.74, 6) is -0.750. The smallest absolute Gasteiger partial charge is 0.239 e. The van der Waals surface area contributed by atoms with Crippen molar-refractivity contribution in [1.29, 1.82) is 0 Å². The highest BCUT2D eigenvalue weighted by Gasteiger charge is 2.68. The molecule has 3 rings (SSSR count). The molecule has 0 N–H and O–H groups in total. The highest BCUT2D eigenvalue weighted by atomic mass is 16.2. The van der Waals surface area contributed by atoms with Gasteiger partial charge in [-0.2, -0.15) is 0 Å². The van der Waals surface area contributed by atoms with Crippen LogP contribution in [0.2, 0.25) is 0 Å². The van der Waals surface area contributed by atoms with Crippen molar-refractivity contribution in [3.63, 3.8) is 0 Å². The second-order valence-corrected chi connectivity index (χ2v) is 5.21. The first-order chi connectivity index (χ1) is 8.51. The molecule has 2 aliphatic heterocycles. The Bertz CT molecular complexity index is 458. The Labute approximate surface area is 104 Å². The molecule has 0 aromatic rings. The van der Waals surface area contributed by atoms with Gasteiger partial charge in [-0.15, -0.1) is 0 Å². The van der Waals surface area contributed by atoms with Gasteiger partial charge in [-0.3, -0.25) is 29.0 Å². The number of imide groups is 2. The minimum absolute atomic E-state index is 0.0411. The lowest BCUT2D eigenvalue weighted by Crippen LogP contribution is -2.61. The molecular weight excluding hydrogens is 236 g/mol. The Morgan fingerprint density at radius 1 is 1.06 bits per heavy atom. The average Bonchev–Trinajstić information content (AvgIpc) is 2.91. The van der Waals surface area contributed by atoms with Gasteiger partial charge in [0, 0.05) is 0 Å². The molecule has 0 aromatic heterocycles. The van der Waals surface area contributed by atoms with E-state index in [1.165, 1.54) is 9.80 Å². The van der Waals surface area contributed by atoms with E-state index < -0.39 is 5.54 Å². The Kier molecular flexibility index (Phi) is 2.15. The normalized spacial score (nSPS) is 34.6. The van der Waals surface area contributed by atoms with Crippen molar-refractivity contribution in [2.45, 2.75) is 50.6 Å². The molecule has 6 heteroatoms. The molecule has 96 valence electrons. The van der Waals surface area contributed by atoms with Crippen LogP contribution in [0.15, 0.2) is 0 Å².